The first-order valence-corrected chi connectivity index (χ1v) is 11.4. The molecule has 0 radical (unpaired) electrons. The second kappa shape index (κ2) is 13.4. The Balaban J connectivity index is 2.25. The Morgan fingerprint density at radius 3 is 2.26 bits per heavy atom. The van der Waals surface area contributed by atoms with Crippen molar-refractivity contribution in [3.63, 3.8) is 0 Å². The van der Waals surface area contributed by atoms with Crippen LogP contribution in [0, 0.1) is 23.3 Å². The summed E-state index contributed by atoms with van der Waals surface area (Å²) < 4.78 is 59.9. The lowest BCUT2D eigenvalue weighted by Crippen LogP contribution is -2.48. The maximum absolute atomic E-state index is 13.8. The minimum absolute atomic E-state index is 0.00156. The Hall–Kier alpha value is -4.23. The third-order valence-electron chi connectivity index (χ3n) is 5.26. The first-order valence-electron chi connectivity index (χ1n) is 11.4. The van der Waals surface area contributed by atoms with Gasteiger partial charge in [-0.2, -0.15) is 8.78 Å². The first-order chi connectivity index (χ1) is 17.9. The molecule has 10 nitrogen and oxygen atoms in total. The fourth-order valence-corrected chi connectivity index (χ4v) is 3.41. The molecule has 1 heterocycles. The van der Waals surface area contributed by atoms with E-state index >= 15 is 0 Å². The van der Waals surface area contributed by atoms with E-state index in [-0.39, 0.29) is 24.6 Å². The van der Waals surface area contributed by atoms with E-state index in [9.17, 15) is 41.5 Å². The van der Waals surface area contributed by atoms with Crippen LogP contribution in [0.5, 0.6) is 5.75 Å². The number of carbonyl (C=O) groups is 4. The Morgan fingerprint density at radius 1 is 1.08 bits per heavy atom. The van der Waals surface area contributed by atoms with Crippen molar-refractivity contribution in [1.82, 2.24) is 9.88 Å². The van der Waals surface area contributed by atoms with Gasteiger partial charge in [-0.3, -0.25) is 24.0 Å². The molecular weight excluding hydrogens is 518 g/mol. The third kappa shape index (κ3) is 7.40. The molecule has 0 bridgehead atoms. The number of pyridine rings is 1. The summed E-state index contributed by atoms with van der Waals surface area (Å²) in [6.45, 7) is 2.05. The average molecular weight is 543 g/mol. The van der Waals surface area contributed by atoms with Gasteiger partial charge in [0.25, 0.3) is 5.56 Å². The molecule has 2 rings (SSSR count). The number of nitrogens with one attached hydrogen (secondary N) is 2. The van der Waals surface area contributed by atoms with Gasteiger partial charge in [-0.15, -0.1) is 0 Å². The molecular formula is C24H25F4N3O7. The summed E-state index contributed by atoms with van der Waals surface area (Å²) in [5.74, 6) is -13.0. The van der Waals surface area contributed by atoms with Crippen molar-refractivity contribution >= 4 is 29.3 Å². The van der Waals surface area contributed by atoms with E-state index in [2.05, 4.69) is 15.4 Å². The van der Waals surface area contributed by atoms with Gasteiger partial charge in [0, 0.05) is 18.7 Å². The van der Waals surface area contributed by atoms with Crippen molar-refractivity contribution in [3.05, 3.63) is 58.0 Å². The van der Waals surface area contributed by atoms with Crippen LogP contribution in [0.4, 0.5) is 23.2 Å². The van der Waals surface area contributed by atoms with Gasteiger partial charge in [0.05, 0.1) is 6.42 Å². The van der Waals surface area contributed by atoms with Crippen LogP contribution in [-0.4, -0.2) is 45.9 Å². The van der Waals surface area contributed by atoms with E-state index in [1.165, 1.54) is 25.3 Å². The number of hydrogen-bond donors (Lipinski definition) is 3. The average Bonchev–Trinajstić information content (AvgIpc) is 2.84. The molecule has 206 valence electrons. The lowest BCUT2D eigenvalue weighted by atomic mass is 10.1. The number of rotatable bonds is 13. The topological polar surface area (TPSA) is 144 Å². The SMILES string of the molecule is CCCC(=O)Nc1cccn(C(CC)C(=O)NC(CC(=O)O)C(=O)COc2c(F)c(F)cc(F)c2F)c1=O. The van der Waals surface area contributed by atoms with Crippen molar-refractivity contribution < 1.29 is 46.6 Å². The molecule has 3 N–H and O–H groups in total. The molecule has 0 fully saturated rings. The minimum atomic E-state index is -1.91. The number of carbonyl (C=O) groups excluding carboxylic acids is 3. The summed E-state index contributed by atoms with van der Waals surface area (Å²) in [5, 5.41) is 13.8. The Morgan fingerprint density at radius 2 is 1.71 bits per heavy atom. The number of aliphatic carboxylic acids is 1. The fraction of sp³-hybridized carbons (Fsp3) is 0.375. The number of ketones is 1. The molecule has 1 aromatic heterocycles. The molecule has 2 amide bonds. The third-order valence-corrected chi connectivity index (χ3v) is 5.26. The highest BCUT2D eigenvalue weighted by molar-refractivity contribution is 5.94. The maximum Gasteiger partial charge on any atom is 0.305 e. The van der Waals surface area contributed by atoms with Gasteiger partial charge in [0.1, 0.15) is 24.4 Å². The van der Waals surface area contributed by atoms with Gasteiger partial charge in [-0.1, -0.05) is 13.8 Å². The Kier molecular flexibility index (Phi) is 10.5. The zero-order valence-electron chi connectivity index (χ0n) is 20.4. The van der Waals surface area contributed by atoms with Crippen LogP contribution < -0.4 is 20.9 Å². The van der Waals surface area contributed by atoms with Crippen LogP contribution >= 0.6 is 0 Å². The molecule has 0 saturated carbocycles. The van der Waals surface area contributed by atoms with Crippen LogP contribution in [0.2, 0.25) is 0 Å². The zero-order chi connectivity index (χ0) is 28.6. The number of carboxylic acids is 1. The van der Waals surface area contributed by atoms with Crippen molar-refractivity contribution in [3.8, 4) is 5.75 Å². The van der Waals surface area contributed by atoms with Gasteiger partial charge in [-0.05, 0) is 25.0 Å². The second-order valence-electron chi connectivity index (χ2n) is 8.07. The number of carboxylic acid groups (broad SMARTS) is 1. The molecule has 2 aromatic rings. The van der Waals surface area contributed by atoms with Crippen molar-refractivity contribution in [2.75, 3.05) is 11.9 Å². The number of amides is 2. The number of anilines is 1. The molecule has 0 spiro atoms. The normalized spacial score (nSPS) is 12.4. The number of Topliss-reactive ketones (excluding diaryl/α,β-unsaturated/α-hetero) is 1. The highest BCUT2D eigenvalue weighted by Gasteiger charge is 2.30. The predicted octanol–water partition coefficient (Wildman–Crippen LogP) is 2.70. The van der Waals surface area contributed by atoms with E-state index in [0.717, 1.165) is 4.57 Å². The Labute approximate surface area is 213 Å². The van der Waals surface area contributed by atoms with Crippen molar-refractivity contribution in [1.29, 1.82) is 0 Å². The van der Waals surface area contributed by atoms with E-state index in [4.69, 9.17) is 5.11 Å². The van der Waals surface area contributed by atoms with Gasteiger partial charge in [0.15, 0.2) is 23.2 Å². The standard InChI is InChI=1S/C24H25F4N3O7/c1-3-6-18(33)29-14-7-5-8-31(24(14)37)16(4-2)23(36)30-15(10-19(34)35)17(32)11-38-22-20(27)12(25)9-13(26)21(22)28/h5,7-9,15-16H,3-4,6,10-11H2,1-2H3,(H,29,33)(H,30,36)(H,34,35). The van der Waals surface area contributed by atoms with Gasteiger partial charge in [-0.25, -0.2) is 8.78 Å². The largest absolute Gasteiger partial charge is 0.481 e. The number of benzene rings is 1. The maximum atomic E-state index is 13.8. The van der Waals surface area contributed by atoms with Gasteiger partial charge in [0.2, 0.25) is 23.4 Å². The van der Waals surface area contributed by atoms with Gasteiger partial charge < -0.3 is 25.0 Å². The van der Waals surface area contributed by atoms with E-state index < -0.39 is 83.3 Å². The second-order valence-corrected chi connectivity index (χ2v) is 8.07. The van der Waals surface area contributed by atoms with E-state index in [1.54, 1.807) is 6.92 Å². The van der Waals surface area contributed by atoms with Crippen LogP contribution in [0.25, 0.3) is 0 Å². The summed E-state index contributed by atoms with van der Waals surface area (Å²) in [5.41, 5.74) is -0.836. The molecule has 14 heteroatoms. The first kappa shape index (κ1) is 30.0. The molecule has 2 atom stereocenters. The lowest BCUT2D eigenvalue weighted by molar-refractivity contribution is -0.140. The highest BCUT2D eigenvalue weighted by Crippen LogP contribution is 2.26. The number of hydrogen-bond acceptors (Lipinski definition) is 6. The molecule has 2 unspecified atom stereocenters. The molecule has 1 aromatic carbocycles. The molecule has 0 aliphatic rings. The van der Waals surface area contributed by atoms with Crippen LogP contribution in [0.15, 0.2) is 29.2 Å². The van der Waals surface area contributed by atoms with Crippen LogP contribution in [-0.2, 0) is 19.2 Å². The highest BCUT2D eigenvalue weighted by atomic mass is 19.2. The summed E-state index contributed by atoms with van der Waals surface area (Å²) in [6.07, 6.45) is 0.968. The number of nitrogens with zero attached hydrogens (tertiary/aromatic N) is 1. The van der Waals surface area contributed by atoms with Gasteiger partial charge >= 0.3 is 5.97 Å². The summed E-state index contributed by atoms with van der Waals surface area (Å²) in [6, 6.07) is -0.375. The van der Waals surface area contributed by atoms with Crippen molar-refractivity contribution in [2.24, 2.45) is 0 Å². The van der Waals surface area contributed by atoms with E-state index in [1.807, 2.05) is 0 Å². The Bertz CT molecular complexity index is 1260. The molecule has 0 aliphatic carbocycles. The number of aromatic nitrogens is 1. The number of halogens is 4. The minimum Gasteiger partial charge on any atom is -0.481 e. The molecule has 0 aliphatic heterocycles. The molecule has 38 heavy (non-hydrogen) atoms. The fourth-order valence-electron chi connectivity index (χ4n) is 3.41. The van der Waals surface area contributed by atoms with Crippen LogP contribution in [0.1, 0.15) is 45.6 Å². The quantitative estimate of drug-likeness (QED) is 0.260. The predicted molar refractivity (Wildman–Crippen MR) is 125 cm³/mol. The summed E-state index contributed by atoms with van der Waals surface area (Å²) in [4.78, 5) is 61.5. The smallest absolute Gasteiger partial charge is 0.305 e. The summed E-state index contributed by atoms with van der Waals surface area (Å²) >= 11 is 0. The molecule has 0 saturated heterocycles. The zero-order valence-corrected chi connectivity index (χ0v) is 20.4. The summed E-state index contributed by atoms with van der Waals surface area (Å²) in [7, 11) is 0. The number of ether oxygens (including phenoxy) is 1. The van der Waals surface area contributed by atoms with E-state index in [0.29, 0.717) is 6.42 Å². The lowest BCUT2D eigenvalue weighted by Gasteiger charge is -2.22. The van der Waals surface area contributed by atoms with Crippen molar-refractivity contribution in [2.45, 2.75) is 51.6 Å². The monoisotopic (exact) mass is 543 g/mol. The van der Waals surface area contributed by atoms with Crippen LogP contribution in [0.3, 0.4) is 0 Å².